The lowest BCUT2D eigenvalue weighted by atomic mass is 10.3. The van der Waals surface area contributed by atoms with Crippen LogP contribution in [0.4, 0.5) is 13.2 Å². The summed E-state index contributed by atoms with van der Waals surface area (Å²) in [5, 5.41) is 4.86. The van der Waals surface area contributed by atoms with Gasteiger partial charge in [-0.3, -0.25) is 4.98 Å². The molecule has 17 heavy (non-hydrogen) atoms. The van der Waals surface area contributed by atoms with Crippen LogP contribution >= 0.6 is 0 Å². The van der Waals surface area contributed by atoms with E-state index in [1.165, 1.54) is 17.3 Å². The highest BCUT2D eigenvalue weighted by Gasteiger charge is 2.31. The Labute approximate surface area is 95.4 Å². The quantitative estimate of drug-likeness (QED) is 0.676. The van der Waals surface area contributed by atoms with Crippen LogP contribution in [0.1, 0.15) is 5.69 Å². The van der Waals surface area contributed by atoms with Crippen LogP contribution in [0.5, 0.6) is 0 Å². The Bertz CT molecular complexity index is 387. The van der Waals surface area contributed by atoms with Crippen molar-refractivity contribution in [1.82, 2.24) is 15.6 Å². The fourth-order valence-corrected chi connectivity index (χ4v) is 0.838. The minimum absolute atomic E-state index is 0.852. The lowest BCUT2D eigenvalue weighted by Gasteiger charge is -2.12. The standard InChI is InChI=1S/C6H4F3N.C3H6N4/c7-6(8,9)5-3-1-2-4-10-5;4-7-3-1-2-5-6-7/h1-4H;1-3,6H,4H2. The van der Waals surface area contributed by atoms with Gasteiger partial charge in [-0.15, -0.1) is 0 Å². The highest BCUT2D eigenvalue weighted by Crippen LogP contribution is 2.26. The van der Waals surface area contributed by atoms with Crippen molar-refractivity contribution in [2.24, 2.45) is 10.9 Å². The highest BCUT2D eigenvalue weighted by atomic mass is 19.4. The predicted octanol–water partition coefficient (Wildman–Crippen LogP) is 1.28. The lowest BCUT2D eigenvalue weighted by molar-refractivity contribution is -0.141. The number of aromatic nitrogens is 1. The molecule has 0 fully saturated rings. The van der Waals surface area contributed by atoms with Crippen molar-refractivity contribution in [3.05, 3.63) is 42.4 Å². The van der Waals surface area contributed by atoms with E-state index in [0.29, 0.717) is 0 Å². The Hall–Kier alpha value is -2.09. The fourth-order valence-electron chi connectivity index (χ4n) is 0.838. The number of allylic oxidation sites excluding steroid dienone is 1. The Kier molecular flexibility index (Phi) is 4.46. The first kappa shape index (κ1) is 13.0. The minimum atomic E-state index is -4.32. The molecule has 3 N–H and O–H groups in total. The molecule has 1 aromatic heterocycles. The van der Waals surface area contributed by atoms with Crippen molar-refractivity contribution in [2.45, 2.75) is 6.18 Å². The molecule has 0 atom stereocenters. The van der Waals surface area contributed by atoms with Crippen LogP contribution in [0.15, 0.2) is 41.8 Å². The molecule has 0 aliphatic carbocycles. The van der Waals surface area contributed by atoms with Gasteiger partial charge in [0.05, 0.1) is 6.21 Å². The summed E-state index contributed by atoms with van der Waals surface area (Å²) < 4.78 is 35.2. The normalized spacial score (nSPS) is 13.8. The summed E-state index contributed by atoms with van der Waals surface area (Å²) in [6.45, 7) is 0. The summed E-state index contributed by atoms with van der Waals surface area (Å²) in [7, 11) is 0. The number of nitrogens with two attached hydrogens (primary N) is 1. The van der Waals surface area contributed by atoms with Gasteiger partial charge in [0.15, 0.2) is 0 Å². The van der Waals surface area contributed by atoms with Crippen molar-refractivity contribution < 1.29 is 13.2 Å². The monoisotopic (exact) mass is 245 g/mol. The number of nitrogens with one attached hydrogen (secondary N) is 1. The van der Waals surface area contributed by atoms with E-state index in [0.717, 1.165) is 12.3 Å². The van der Waals surface area contributed by atoms with E-state index in [2.05, 4.69) is 15.6 Å². The van der Waals surface area contributed by atoms with Gasteiger partial charge in [-0.25, -0.2) is 16.5 Å². The molecule has 0 radical (unpaired) electrons. The molecule has 8 heteroatoms. The van der Waals surface area contributed by atoms with E-state index in [1.807, 2.05) is 0 Å². The number of halogens is 3. The molecule has 2 heterocycles. The van der Waals surface area contributed by atoms with Crippen molar-refractivity contribution in [3.8, 4) is 0 Å². The lowest BCUT2D eigenvalue weighted by Crippen LogP contribution is -2.36. The highest BCUT2D eigenvalue weighted by molar-refractivity contribution is 5.70. The van der Waals surface area contributed by atoms with Gasteiger partial charge in [0.1, 0.15) is 5.69 Å². The van der Waals surface area contributed by atoms with Crippen LogP contribution in [0.25, 0.3) is 0 Å². The third kappa shape index (κ3) is 4.98. The number of rotatable bonds is 0. The second kappa shape index (κ2) is 5.85. The molecular formula is C9H10F3N5. The van der Waals surface area contributed by atoms with Crippen LogP contribution in [0.3, 0.4) is 0 Å². The largest absolute Gasteiger partial charge is 0.433 e. The van der Waals surface area contributed by atoms with Gasteiger partial charge < -0.3 is 0 Å². The first-order valence-corrected chi connectivity index (χ1v) is 4.48. The van der Waals surface area contributed by atoms with Crippen molar-refractivity contribution >= 4 is 6.21 Å². The van der Waals surface area contributed by atoms with Crippen LogP contribution in [0.2, 0.25) is 0 Å². The van der Waals surface area contributed by atoms with E-state index in [1.54, 1.807) is 18.5 Å². The minimum Gasteiger partial charge on any atom is -0.252 e. The van der Waals surface area contributed by atoms with E-state index in [4.69, 9.17) is 5.84 Å². The Morgan fingerprint density at radius 2 is 2.06 bits per heavy atom. The third-order valence-electron chi connectivity index (χ3n) is 1.54. The molecule has 1 aromatic rings. The molecule has 5 nitrogen and oxygen atoms in total. The average Bonchev–Trinajstić information content (AvgIpc) is 2.31. The molecule has 92 valence electrons. The molecule has 0 bridgehead atoms. The van der Waals surface area contributed by atoms with Crippen LogP contribution in [-0.4, -0.2) is 16.3 Å². The second-order valence-corrected chi connectivity index (χ2v) is 2.84. The number of hydrazone groups is 1. The number of hydrogen-bond acceptors (Lipinski definition) is 5. The average molecular weight is 245 g/mol. The SMILES string of the molecule is FC(F)(F)c1ccccn1.NN1C=CC=NN1. The summed E-state index contributed by atoms with van der Waals surface area (Å²) in [5.41, 5.74) is 1.62. The molecule has 1 aliphatic heterocycles. The van der Waals surface area contributed by atoms with Gasteiger partial charge >= 0.3 is 6.18 Å². The van der Waals surface area contributed by atoms with Gasteiger partial charge in [0.2, 0.25) is 0 Å². The fraction of sp³-hybridized carbons (Fsp3) is 0.111. The molecule has 0 unspecified atom stereocenters. The van der Waals surface area contributed by atoms with E-state index in [9.17, 15) is 13.2 Å². The molecular weight excluding hydrogens is 235 g/mol. The van der Waals surface area contributed by atoms with E-state index in [-0.39, 0.29) is 0 Å². The Morgan fingerprint density at radius 1 is 1.29 bits per heavy atom. The first-order valence-electron chi connectivity index (χ1n) is 4.48. The molecule has 0 spiro atoms. The zero-order valence-corrected chi connectivity index (χ0v) is 8.59. The van der Waals surface area contributed by atoms with E-state index >= 15 is 0 Å². The number of hydrogen-bond donors (Lipinski definition) is 2. The third-order valence-corrected chi connectivity index (χ3v) is 1.54. The molecule has 0 saturated carbocycles. The van der Waals surface area contributed by atoms with Gasteiger partial charge in [-0.05, 0) is 18.2 Å². The Balaban J connectivity index is 0.000000181. The topological polar surface area (TPSA) is 66.5 Å². The Morgan fingerprint density at radius 3 is 2.35 bits per heavy atom. The zero-order chi connectivity index (χ0) is 12.7. The van der Waals surface area contributed by atoms with Crippen molar-refractivity contribution in [1.29, 1.82) is 0 Å². The van der Waals surface area contributed by atoms with Crippen LogP contribution in [-0.2, 0) is 6.18 Å². The summed E-state index contributed by atoms with van der Waals surface area (Å²) in [6, 6.07) is 3.67. The summed E-state index contributed by atoms with van der Waals surface area (Å²) >= 11 is 0. The van der Waals surface area contributed by atoms with Crippen molar-refractivity contribution in [2.75, 3.05) is 0 Å². The van der Waals surface area contributed by atoms with Gasteiger partial charge in [-0.1, -0.05) is 6.07 Å². The van der Waals surface area contributed by atoms with Crippen molar-refractivity contribution in [3.63, 3.8) is 0 Å². The van der Waals surface area contributed by atoms with Gasteiger partial charge in [0.25, 0.3) is 0 Å². The summed E-state index contributed by atoms with van der Waals surface area (Å²) in [4.78, 5) is 3.12. The number of alkyl halides is 3. The second-order valence-electron chi connectivity index (χ2n) is 2.84. The first-order chi connectivity index (χ1) is 8.00. The molecule has 0 aromatic carbocycles. The maximum Gasteiger partial charge on any atom is 0.433 e. The maximum absolute atomic E-state index is 11.7. The maximum atomic E-state index is 11.7. The molecule has 2 rings (SSSR count). The zero-order valence-electron chi connectivity index (χ0n) is 8.59. The van der Waals surface area contributed by atoms with Gasteiger partial charge in [-0.2, -0.15) is 18.3 Å². The number of nitrogens with zero attached hydrogens (tertiary/aromatic N) is 3. The number of pyridine rings is 1. The molecule has 0 saturated heterocycles. The van der Waals surface area contributed by atoms with Gasteiger partial charge in [0, 0.05) is 12.4 Å². The summed E-state index contributed by atoms with van der Waals surface area (Å²) in [6.07, 6.45) is 1.80. The van der Waals surface area contributed by atoms with E-state index < -0.39 is 11.9 Å². The summed E-state index contributed by atoms with van der Waals surface area (Å²) in [5.74, 6) is 5.16. The predicted molar refractivity (Wildman–Crippen MR) is 56.0 cm³/mol. The van der Waals surface area contributed by atoms with Crippen LogP contribution < -0.4 is 11.4 Å². The van der Waals surface area contributed by atoms with Crippen LogP contribution in [0, 0.1) is 0 Å². The number of hydrazine groups is 2. The molecule has 1 aliphatic rings. The molecule has 0 amide bonds. The smallest absolute Gasteiger partial charge is 0.252 e.